The van der Waals surface area contributed by atoms with Crippen LogP contribution in [0.25, 0.3) is 0 Å². The molecule has 1 heterocycles. The smallest absolute Gasteiger partial charge is 0.254 e. The van der Waals surface area contributed by atoms with Crippen LogP contribution in [0, 0.1) is 0 Å². The van der Waals surface area contributed by atoms with Gasteiger partial charge in [-0.05, 0) is 18.1 Å². The number of benzene rings is 1. The lowest BCUT2D eigenvalue weighted by Crippen LogP contribution is -2.38. The van der Waals surface area contributed by atoms with Crippen molar-refractivity contribution in [2.45, 2.75) is 6.42 Å². The molecule has 4 heteroatoms. The number of aliphatic hydroxyl groups is 1. The summed E-state index contributed by atoms with van der Waals surface area (Å²) in [5.74, 6) is 2.15. The molecule has 0 bridgehead atoms. The van der Waals surface area contributed by atoms with Crippen molar-refractivity contribution in [1.82, 2.24) is 4.90 Å². The first kappa shape index (κ1) is 12.5. The molecular formula is C13H17NO2S. The van der Waals surface area contributed by atoms with Gasteiger partial charge in [-0.15, -0.1) is 0 Å². The fourth-order valence-corrected chi connectivity index (χ4v) is 2.91. The van der Waals surface area contributed by atoms with Crippen LogP contribution in [0.1, 0.15) is 15.9 Å². The highest BCUT2D eigenvalue weighted by Gasteiger charge is 2.20. The van der Waals surface area contributed by atoms with Crippen molar-refractivity contribution in [2.75, 3.05) is 31.2 Å². The van der Waals surface area contributed by atoms with Gasteiger partial charge in [-0.25, -0.2) is 0 Å². The van der Waals surface area contributed by atoms with Gasteiger partial charge in [0, 0.05) is 36.8 Å². The maximum Gasteiger partial charge on any atom is 0.254 e. The summed E-state index contributed by atoms with van der Waals surface area (Å²) >= 11 is 1.89. The number of rotatable bonds is 3. The van der Waals surface area contributed by atoms with Crippen molar-refractivity contribution in [3.63, 3.8) is 0 Å². The van der Waals surface area contributed by atoms with Crippen LogP contribution in [0.4, 0.5) is 0 Å². The first-order valence-electron chi connectivity index (χ1n) is 5.88. The van der Waals surface area contributed by atoms with E-state index in [0.29, 0.717) is 6.42 Å². The minimum atomic E-state index is 0.0835. The Morgan fingerprint density at radius 1 is 1.29 bits per heavy atom. The Labute approximate surface area is 106 Å². The first-order valence-corrected chi connectivity index (χ1v) is 7.04. The second kappa shape index (κ2) is 6.07. The highest BCUT2D eigenvalue weighted by atomic mass is 32.2. The van der Waals surface area contributed by atoms with Crippen LogP contribution in [0.15, 0.2) is 24.3 Å². The van der Waals surface area contributed by atoms with Gasteiger partial charge in [-0.2, -0.15) is 11.8 Å². The van der Waals surface area contributed by atoms with Gasteiger partial charge in [0.05, 0.1) is 0 Å². The highest BCUT2D eigenvalue weighted by Crippen LogP contribution is 2.16. The van der Waals surface area contributed by atoms with Gasteiger partial charge < -0.3 is 10.0 Å². The molecule has 0 aromatic heterocycles. The summed E-state index contributed by atoms with van der Waals surface area (Å²) < 4.78 is 0. The molecule has 17 heavy (non-hydrogen) atoms. The largest absolute Gasteiger partial charge is 0.396 e. The normalized spacial score (nSPS) is 15.9. The Morgan fingerprint density at radius 3 is 2.71 bits per heavy atom. The number of carbonyl (C=O) groups is 1. The zero-order valence-corrected chi connectivity index (χ0v) is 10.6. The third-order valence-corrected chi connectivity index (χ3v) is 3.87. The molecule has 1 aromatic carbocycles. The average molecular weight is 251 g/mol. The third kappa shape index (κ3) is 3.01. The van der Waals surface area contributed by atoms with Crippen LogP contribution in [0.3, 0.4) is 0 Å². The van der Waals surface area contributed by atoms with Crippen molar-refractivity contribution in [2.24, 2.45) is 0 Å². The molecule has 0 saturated carbocycles. The van der Waals surface area contributed by atoms with Crippen LogP contribution in [-0.4, -0.2) is 47.1 Å². The standard InChI is InChI=1S/C13H17NO2S/c15-8-5-11-3-1-2-4-12(11)13(16)14-6-9-17-10-7-14/h1-4,15H,5-10H2. The lowest BCUT2D eigenvalue weighted by molar-refractivity contribution is 0.0771. The average Bonchev–Trinajstić information content (AvgIpc) is 2.40. The van der Waals surface area contributed by atoms with E-state index in [-0.39, 0.29) is 12.5 Å². The van der Waals surface area contributed by atoms with Crippen LogP contribution in [0.5, 0.6) is 0 Å². The Morgan fingerprint density at radius 2 is 2.00 bits per heavy atom. The van der Waals surface area contributed by atoms with Gasteiger partial charge in [-0.3, -0.25) is 4.79 Å². The van der Waals surface area contributed by atoms with Gasteiger partial charge in [-0.1, -0.05) is 18.2 Å². The molecule has 1 fully saturated rings. The maximum absolute atomic E-state index is 12.3. The summed E-state index contributed by atoms with van der Waals surface area (Å²) in [4.78, 5) is 14.2. The maximum atomic E-state index is 12.3. The molecule has 0 aliphatic carbocycles. The summed E-state index contributed by atoms with van der Waals surface area (Å²) in [7, 11) is 0. The molecule has 3 nitrogen and oxygen atoms in total. The predicted molar refractivity (Wildman–Crippen MR) is 70.5 cm³/mol. The summed E-state index contributed by atoms with van der Waals surface area (Å²) in [6.07, 6.45) is 0.546. The van der Waals surface area contributed by atoms with Gasteiger partial charge in [0.25, 0.3) is 5.91 Å². The van der Waals surface area contributed by atoms with Gasteiger partial charge in [0.2, 0.25) is 0 Å². The Bertz CT molecular complexity index is 389. The fourth-order valence-electron chi connectivity index (χ4n) is 2.00. The number of thioether (sulfide) groups is 1. The van der Waals surface area contributed by atoms with Crippen LogP contribution < -0.4 is 0 Å². The van der Waals surface area contributed by atoms with Crippen molar-refractivity contribution < 1.29 is 9.90 Å². The van der Waals surface area contributed by atoms with E-state index < -0.39 is 0 Å². The molecular weight excluding hydrogens is 234 g/mol. The number of hydrogen-bond acceptors (Lipinski definition) is 3. The summed E-state index contributed by atoms with van der Waals surface area (Å²) in [5.41, 5.74) is 1.69. The minimum Gasteiger partial charge on any atom is -0.396 e. The molecule has 1 N–H and O–H groups in total. The van der Waals surface area contributed by atoms with Gasteiger partial charge in [0.1, 0.15) is 0 Å². The second-order valence-corrected chi connectivity index (χ2v) is 5.26. The van der Waals surface area contributed by atoms with Gasteiger partial charge in [0.15, 0.2) is 0 Å². The first-order chi connectivity index (χ1) is 8.33. The van der Waals surface area contributed by atoms with E-state index in [1.165, 1.54) is 0 Å². The lowest BCUT2D eigenvalue weighted by Gasteiger charge is -2.27. The third-order valence-electron chi connectivity index (χ3n) is 2.93. The number of nitrogens with zero attached hydrogens (tertiary/aromatic N) is 1. The number of aliphatic hydroxyl groups excluding tert-OH is 1. The summed E-state index contributed by atoms with van der Waals surface area (Å²) in [6.45, 7) is 1.74. The molecule has 0 radical (unpaired) electrons. The number of hydrogen-bond donors (Lipinski definition) is 1. The molecule has 2 rings (SSSR count). The van der Waals surface area contributed by atoms with E-state index in [4.69, 9.17) is 5.11 Å². The molecule has 0 spiro atoms. The number of carbonyl (C=O) groups excluding carboxylic acids is 1. The van der Waals surface area contributed by atoms with E-state index in [1.807, 2.05) is 40.9 Å². The quantitative estimate of drug-likeness (QED) is 0.883. The second-order valence-electron chi connectivity index (χ2n) is 4.04. The lowest BCUT2D eigenvalue weighted by atomic mass is 10.0. The molecule has 0 unspecified atom stereocenters. The summed E-state index contributed by atoms with van der Waals surface area (Å²) in [6, 6.07) is 7.57. The van der Waals surface area contributed by atoms with Crippen LogP contribution >= 0.6 is 11.8 Å². The van der Waals surface area contributed by atoms with Crippen LogP contribution in [0.2, 0.25) is 0 Å². The topological polar surface area (TPSA) is 40.5 Å². The molecule has 1 aliphatic rings. The van der Waals surface area contributed by atoms with E-state index in [1.54, 1.807) is 0 Å². The van der Waals surface area contributed by atoms with Crippen molar-refractivity contribution in [1.29, 1.82) is 0 Å². The Kier molecular flexibility index (Phi) is 4.45. The molecule has 1 amide bonds. The zero-order valence-electron chi connectivity index (χ0n) is 9.76. The van der Waals surface area contributed by atoms with Crippen molar-refractivity contribution >= 4 is 17.7 Å². The zero-order chi connectivity index (χ0) is 12.1. The van der Waals surface area contributed by atoms with Gasteiger partial charge >= 0.3 is 0 Å². The van der Waals surface area contributed by atoms with E-state index >= 15 is 0 Å². The fraction of sp³-hybridized carbons (Fsp3) is 0.462. The molecule has 92 valence electrons. The molecule has 1 aliphatic heterocycles. The van der Waals surface area contributed by atoms with Crippen LogP contribution in [-0.2, 0) is 6.42 Å². The number of amides is 1. The Balaban J connectivity index is 2.17. The molecule has 1 saturated heterocycles. The predicted octanol–water partition coefficient (Wildman–Crippen LogP) is 1.41. The SMILES string of the molecule is O=C(c1ccccc1CCO)N1CCSCC1. The molecule has 0 atom stereocenters. The monoisotopic (exact) mass is 251 g/mol. The van der Waals surface area contributed by atoms with E-state index in [2.05, 4.69) is 0 Å². The Hall–Kier alpha value is -1.00. The van der Waals surface area contributed by atoms with Crippen molar-refractivity contribution in [3.8, 4) is 0 Å². The van der Waals surface area contributed by atoms with E-state index in [9.17, 15) is 4.79 Å². The molecule has 1 aromatic rings. The van der Waals surface area contributed by atoms with Crippen molar-refractivity contribution in [3.05, 3.63) is 35.4 Å². The minimum absolute atomic E-state index is 0.0835. The highest BCUT2D eigenvalue weighted by molar-refractivity contribution is 7.99. The van der Waals surface area contributed by atoms with E-state index in [0.717, 1.165) is 35.7 Å². The summed E-state index contributed by atoms with van der Waals surface area (Å²) in [5, 5.41) is 9.01.